The third-order valence-electron chi connectivity index (χ3n) is 1.09. The third kappa shape index (κ3) is 6.27. The van der Waals surface area contributed by atoms with Crippen molar-refractivity contribution in [1.29, 1.82) is 0 Å². The molecule has 0 aromatic heterocycles. The molecule has 0 saturated carbocycles. The van der Waals surface area contributed by atoms with Crippen LogP contribution in [-0.4, -0.2) is 42.3 Å². The van der Waals surface area contributed by atoms with E-state index in [4.69, 9.17) is 14.9 Å². The van der Waals surface area contributed by atoms with Crippen molar-refractivity contribution in [1.82, 2.24) is 0 Å². The van der Waals surface area contributed by atoms with Gasteiger partial charge in [0.15, 0.2) is 0 Å². The Morgan fingerprint density at radius 2 is 2.23 bits per heavy atom. The van der Waals surface area contributed by atoms with E-state index in [0.717, 1.165) is 0 Å². The lowest BCUT2D eigenvalue weighted by atomic mass is 10.4. The first-order chi connectivity index (χ1) is 6.07. The van der Waals surface area contributed by atoms with E-state index < -0.39 is 12.3 Å². The van der Waals surface area contributed by atoms with Crippen molar-refractivity contribution in [3.05, 3.63) is 12.2 Å². The molecule has 0 rings (SSSR count). The van der Waals surface area contributed by atoms with E-state index >= 15 is 0 Å². The second kappa shape index (κ2) is 6.59. The van der Waals surface area contributed by atoms with Gasteiger partial charge in [-0.05, 0) is 6.92 Å². The van der Waals surface area contributed by atoms with Crippen molar-refractivity contribution in [2.75, 3.05) is 19.8 Å². The molecule has 0 aromatic rings. The van der Waals surface area contributed by atoms with Gasteiger partial charge in [0.05, 0.1) is 13.2 Å². The summed E-state index contributed by atoms with van der Waals surface area (Å²) in [4.78, 5) is 10.8. The highest BCUT2D eigenvalue weighted by molar-refractivity contribution is 5.86. The third-order valence-corrected chi connectivity index (χ3v) is 1.09. The first-order valence-electron chi connectivity index (χ1n) is 3.81. The number of esters is 1. The molecule has 13 heavy (non-hydrogen) atoms. The van der Waals surface area contributed by atoms with E-state index in [2.05, 4.69) is 11.3 Å². The highest BCUT2D eigenvalue weighted by Gasteiger charge is 2.10. The molecule has 0 aliphatic rings. The first kappa shape index (κ1) is 12.1. The molecule has 5 heteroatoms. The van der Waals surface area contributed by atoms with Crippen LogP contribution in [0.15, 0.2) is 12.2 Å². The number of hydrogen-bond donors (Lipinski definition) is 2. The SMILES string of the molecule is C=C(C)C(=O)OC(O)COCCO. The lowest BCUT2D eigenvalue weighted by Crippen LogP contribution is -2.23. The summed E-state index contributed by atoms with van der Waals surface area (Å²) >= 11 is 0. The minimum Gasteiger partial charge on any atom is -0.430 e. The van der Waals surface area contributed by atoms with Crippen molar-refractivity contribution in [3.8, 4) is 0 Å². The number of rotatable bonds is 6. The first-order valence-corrected chi connectivity index (χ1v) is 3.81. The average Bonchev–Trinajstić information content (AvgIpc) is 2.04. The normalized spacial score (nSPS) is 12.2. The van der Waals surface area contributed by atoms with Gasteiger partial charge in [0.25, 0.3) is 0 Å². The van der Waals surface area contributed by atoms with Crippen LogP contribution in [0, 0.1) is 0 Å². The largest absolute Gasteiger partial charge is 0.430 e. The second-order valence-corrected chi connectivity index (χ2v) is 2.44. The van der Waals surface area contributed by atoms with Crippen molar-refractivity contribution < 1.29 is 24.5 Å². The standard InChI is InChI=1S/C8H14O5/c1-6(2)8(11)13-7(10)5-12-4-3-9/h7,9-10H,1,3-5H2,2H3. The van der Waals surface area contributed by atoms with Crippen LogP contribution in [-0.2, 0) is 14.3 Å². The van der Waals surface area contributed by atoms with Crippen LogP contribution in [0.4, 0.5) is 0 Å². The van der Waals surface area contributed by atoms with Crippen molar-refractivity contribution in [3.63, 3.8) is 0 Å². The number of hydrogen-bond acceptors (Lipinski definition) is 5. The van der Waals surface area contributed by atoms with Crippen LogP contribution in [0.1, 0.15) is 6.92 Å². The van der Waals surface area contributed by atoms with Crippen LogP contribution in [0.25, 0.3) is 0 Å². The molecule has 0 heterocycles. The summed E-state index contributed by atoms with van der Waals surface area (Å²) in [5, 5.41) is 17.3. The summed E-state index contributed by atoms with van der Waals surface area (Å²) in [6.45, 7) is 4.62. The van der Waals surface area contributed by atoms with E-state index in [9.17, 15) is 4.79 Å². The minimum absolute atomic E-state index is 0.0989. The molecule has 0 bridgehead atoms. The molecule has 5 nitrogen and oxygen atoms in total. The van der Waals surface area contributed by atoms with Gasteiger partial charge in [-0.25, -0.2) is 4.79 Å². The zero-order valence-corrected chi connectivity index (χ0v) is 7.52. The van der Waals surface area contributed by atoms with Crippen molar-refractivity contribution in [2.24, 2.45) is 0 Å². The van der Waals surface area contributed by atoms with E-state index in [1.165, 1.54) is 6.92 Å². The second-order valence-electron chi connectivity index (χ2n) is 2.44. The number of carbonyl (C=O) groups excluding carboxylic acids is 1. The number of aliphatic hydroxyl groups excluding tert-OH is 2. The molecule has 0 fully saturated rings. The Kier molecular flexibility index (Phi) is 6.13. The maximum absolute atomic E-state index is 10.8. The lowest BCUT2D eigenvalue weighted by Gasteiger charge is -2.11. The summed E-state index contributed by atoms with van der Waals surface area (Å²) in [7, 11) is 0. The molecule has 0 spiro atoms. The Morgan fingerprint density at radius 3 is 2.69 bits per heavy atom. The van der Waals surface area contributed by atoms with Gasteiger partial charge in [0.2, 0.25) is 6.29 Å². The predicted molar refractivity (Wildman–Crippen MR) is 44.8 cm³/mol. The molecule has 0 saturated heterocycles. The van der Waals surface area contributed by atoms with Gasteiger partial charge in [-0.3, -0.25) is 0 Å². The summed E-state index contributed by atoms with van der Waals surface area (Å²) in [6, 6.07) is 0. The fraction of sp³-hybridized carbons (Fsp3) is 0.625. The predicted octanol–water partition coefficient (Wildman–Crippen LogP) is -0.567. The molecule has 0 aliphatic heterocycles. The zero-order chi connectivity index (χ0) is 10.3. The smallest absolute Gasteiger partial charge is 0.335 e. The Hall–Kier alpha value is -0.910. The van der Waals surface area contributed by atoms with Gasteiger partial charge in [-0.15, -0.1) is 0 Å². The molecule has 0 aromatic carbocycles. The van der Waals surface area contributed by atoms with Gasteiger partial charge in [0, 0.05) is 5.57 Å². The van der Waals surface area contributed by atoms with Crippen LogP contribution in [0.3, 0.4) is 0 Å². The molecule has 0 radical (unpaired) electrons. The van der Waals surface area contributed by atoms with Gasteiger partial charge in [-0.2, -0.15) is 0 Å². The molecule has 76 valence electrons. The maximum Gasteiger partial charge on any atom is 0.335 e. The maximum atomic E-state index is 10.8. The zero-order valence-electron chi connectivity index (χ0n) is 7.52. The summed E-state index contributed by atoms with van der Waals surface area (Å²) in [5.74, 6) is -0.667. The fourth-order valence-corrected chi connectivity index (χ4v) is 0.507. The molecule has 1 atom stereocenters. The summed E-state index contributed by atoms with van der Waals surface area (Å²) in [6.07, 6.45) is -1.31. The molecule has 0 aliphatic carbocycles. The summed E-state index contributed by atoms with van der Waals surface area (Å²) < 4.78 is 9.19. The van der Waals surface area contributed by atoms with Crippen LogP contribution >= 0.6 is 0 Å². The molecule has 1 unspecified atom stereocenters. The Balaban J connectivity index is 3.55. The molecule has 2 N–H and O–H groups in total. The Bertz CT molecular complexity index is 177. The van der Waals surface area contributed by atoms with Crippen molar-refractivity contribution >= 4 is 5.97 Å². The highest BCUT2D eigenvalue weighted by atomic mass is 16.7. The minimum atomic E-state index is -1.31. The highest BCUT2D eigenvalue weighted by Crippen LogP contribution is 1.96. The molecular formula is C8H14O5. The van der Waals surface area contributed by atoms with E-state index in [-0.39, 0.29) is 25.4 Å². The molecule has 0 amide bonds. The van der Waals surface area contributed by atoms with Crippen LogP contribution < -0.4 is 0 Å². The fourth-order valence-electron chi connectivity index (χ4n) is 0.507. The Labute approximate surface area is 76.6 Å². The van der Waals surface area contributed by atoms with Crippen molar-refractivity contribution in [2.45, 2.75) is 13.2 Å². The van der Waals surface area contributed by atoms with E-state index in [0.29, 0.717) is 0 Å². The molecular weight excluding hydrogens is 176 g/mol. The van der Waals surface area contributed by atoms with Crippen LogP contribution in [0.2, 0.25) is 0 Å². The Morgan fingerprint density at radius 1 is 1.62 bits per heavy atom. The van der Waals surface area contributed by atoms with Gasteiger partial charge in [0.1, 0.15) is 6.61 Å². The summed E-state index contributed by atoms with van der Waals surface area (Å²) in [5.41, 5.74) is 0.209. The van der Waals surface area contributed by atoms with Crippen LogP contribution in [0.5, 0.6) is 0 Å². The van der Waals surface area contributed by atoms with E-state index in [1.807, 2.05) is 0 Å². The lowest BCUT2D eigenvalue weighted by molar-refractivity contribution is -0.172. The van der Waals surface area contributed by atoms with Gasteiger partial charge >= 0.3 is 5.97 Å². The monoisotopic (exact) mass is 190 g/mol. The van der Waals surface area contributed by atoms with Gasteiger partial charge in [-0.1, -0.05) is 6.58 Å². The number of ether oxygens (including phenoxy) is 2. The topological polar surface area (TPSA) is 76.0 Å². The number of carbonyl (C=O) groups is 1. The quantitative estimate of drug-likeness (QED) is 0.254. The van der Waals surface area contributed by atoms with Gasteiger partial charge < -0.3 is 19.7 Å². The van der Waals surface area contributed by atoms with E-state index in [1.54, 1.807) is 0 Å². The number of aliphatic hydroxyl groups is 2. The average molecular weight is 190 g/mol.